The lowest BCUT2D eigenvalue weighted by molar-refractivity contribution is -0.135. The minimum Gasteiger partial charge on any atom is -0.350 e. The van der Waals surface area contributed by atoms with E-state index in [9.17, 15) is 9.59 Å². The summed E-state index contributed by atoms with van der Waals surface area (Å²) < 4.78 is 0. The van der Waals surface area contributed by atoms with E-state index < -0.39 is 0 Å². The first-order chi connectivity index (χ1) is 14.5. The van der Waals surface area contributed by atoms with Gasteiger partial charge in [0.25, 0.3) is 5.91 Å². The van der Waals surface area contributed by atoms with Crippen LogP contribution in [-0.4, -0.2) is 66.9 Å². The van der Waals surface area contributed by atoms with Gasteiger partial charge in [0.2, 0.25) is 5.91 Å². The third-order valence-corrected chi connectivity index (χ3v) is 7.55. The van der Waals surface area contributed by atoms with Crippen LogP contribution in [0.4, 0.5) is 0 Å². The number of aromatic nitrogens is 1. The maximum absolute atomic E-state index is 13.0. The Morgan fingerprint density at radius 2 is 2.03 bits per heavy atom. The number of hydrogen-bond acceptors (Lipinski definition) is 5. The molecule has 0 bridgehead atoms. The monoisotopic (exact) mass is 428 g/mol. The van der Waals surface area contributed by atoms with Gasteiger partial charge in [-0.15, -0.1) is 11.3 Å². The quantitative estimate of drug-likeness (QED) is 0.765. The number of carbonyl (C=O) groups excluding carboxylic acids is 2. The van der Waals surface area contributed by atoms with E-state index in [4.69, 9.17) is 0 Å². The van der Waals surface area contributed by atoms with Crippen molar-refractivity contribution in [3.8, 4) is 0 Å². The second kappa shape index (κ2) is 9.43. The lowest BCUT2D eigenvalue weighted by Gasteiger charge is -2.26. The normalized spacial score (nSPS) is 20.2. The lowest BCUT2D eigenvalue weighted by Crippen LogP contribution is -2.35. The number of hydrogen-bond donors (Lipinski definition) is 1. The molecule has 1 N–H and O–H groups in total. The molecule has 4 rings (SSSR count). The van der Waals surface area contributed by atoms with Crippen molar-refractivity contribution in [2.24, 2.45) is 5.92 Å². The summed E-state index contributed by atoms with van der Waals surface area (Å²) in [5, 5.41) is 4.13. The Bertz CT molecular complexity index is 904. The first-order valence-electron chi connectivity index (χ1n) is 11.1. The standard InChI is InChI=1S/C23H32N4O2S/c1-26(2)14-12-24-21(28)20-19(18-9-6-11-25-22(18)30-20)17-10-13-27(15-17)23(29)16-7-4-3-5-8-16/h6,9,11,16-17H,3-5,7-8,10,12-15H2,1-2H3,(H,24,28). The molecule has 1 atom stereocenters. The van der Waals surface area contributed by atoms with Crippen LogP contribution in [-0.2, 0) is 4.79 Å². The summed E-state index contributed by atoms with van der Waals surface area (Å²) in [6.07, 6.45) is 8.36. The molecule has 1 saturated heterocycles. The largest absolute Gasteiger partial charge is 0.350 e. The number of fused-ring (bicyclic) bond motifs is 1. The molecular weight excluding hydrogens is 396 g/mol. The fraction of sp³-hybridized carbons (Fsp3) is 0.609. The Morgan fingerprint density at radius 1 is 1.23 bits per heavy atom. The van der Waals surface area contributed by atoms with Crippen LogP contribution in [0.3, 0.4) is 0 Å². The third kappa shape index (κ3) is 4.52. The maximum atomic E-state index is 13.0. The van der Waals surface area contributed by atoms with E-state index in [1.807, 2.05) is 25.1 Å². The summed E-state index contributed by atoms with van der Waals surface area (Å²) in [6, 6.07) is 4.00. The van der Waals surface area contributed by atoms with Crippen LogP contribution in [0.15, 0.2) is 18.3 Å². The molecule has 1 aliphatic carbocycles. The van der Waals surface area contributed by atoms with Gasteiger partial charge in [-0.2, -0.15) is 0 Å². The zero-order valence-corrected chi connectivity index (χ0v) is 18.8. The molecule has 2 amide bonds. The molecule has 0 aromatic carbocycles. The van der Waals surface area contributed by atoms with Crippen molar-refractivity contribution in [2.75, 3.05) is 40.3 Å². The van der Waals surface area contributed by atoms with E-state index >= 15 is 0 Å². The van der Waals surface area contributed by atoms with Crippen LogP contribution < -0.4 is 5.32 Å². The summed E-state index contributed by atoms with van der Waals surface area (Å²) in [6.45, 7) is 2.93. The molecule has 0 spiro atoms. The van der Waals surface area contributed by atoms with Gasteiger partial charge >= 0.3 is 0 Å². The number of carbonyl (C=O) groups is 2. The highest BCUT2D eigenvalue weighted by Gasteiger charge is 2.35. The number of likely N-dealkylation sites (tertiary alicyclic amines) is 1. The van der Waals surface area contributed by atoms with Crippen molar-refractivity contribution in [3.05, 3.63) is 28.8 Å². The summed E-state index contributed by atoms with van der Waals surface area (Å²) >= 11 is 1.48. The van der Waals surface area contributed by atoms with Gasteiger partial charge < -0.3 is 15.1 Å². The van der Waals surface area contributed by atoms with Gasteiger partial charge in [-0.25, -0.2) is 4.98 Å². The molecule has 0 radical (unpaired) electrons. The number of rotatable bonds is 6. The molecule has 2 aromatic heterocycles. The van der Waals surface area contributed by atoms with E-state index in [2.05, 4.69) is 21.3 Å². The predicted molar refractivity (Wildman–Crippen MR) is 121 cm³/mol. The zero-order valence-electron chi connectivity index (χ0n) is 18.0. The van der Waals surface area contributed by atoms with Crippen LogP contribution in [0.1, 0.15) is 59.7 Å². The molecule has 30 heavy (non-hydrogen) atoms. The third-order valence-electron chi connectivity index (χ3n) is 6.42. The van der Waals surface area contributed by atoms with Gasteiger partial charge in [-0.05, 0) is 45.0 Å². The fourth-order valence-electron chi connectivity index (χ4n) is 4.80. The van der Waals surface area contributed by atoms with E-state index in [1.54, 1.807) is 6.20 Å². The van der Waals surface area contributed by atoms with Gasteiger partial charge in [0.05, 0.1) is 4.88 Å². The minimum absolute atomic E-state index is 0.0214. The van der Waals surface area contributed by atoms with Crippen molar-refractivity contribution < 1.29 is 9.59 Å². The molecule has 1 unspecified atom stereocenters. The molecule has 2 aromatic rings. The summed E-state index contributed by atoms with van der Waals surface area (Å²) in [5.41, 5.74) is 1.09. The van der Waals surface area contributed by atoms with Crippen molar-refractivity contribution in [3.63, 3.8) is 0 Å². The van der Waals surface area contributed by atoms with Gasteiger partial charge in [0, 0.05) is 49.6 Å². The molecule has 1 aliphatic heterocycles. The molecular formula is C23H32N4O2S. The fourth-order valence-corrected chi connectivity index (χ4v) is 5.95. The van der Waals surface area contributed by atoms with E-state index in [-0.39, 0.29) is 17.7 Å². The maximum Gasteiger partial charge on any atom is 0.261 e. The van der Waals surface area contributed by atoms with Gasteiger partial charge in [0.1, 0.15) is 4.83 Å². The smallest absolute Gasteiger partial charge is 0.261 e. The summed E-state index contributed by atoms with van der Waals surface area (Å²) in [5.74, 6) is 0.705. The van der Waals surface area contributed by atoms with Gasteiger partial charge in [0.15, 0.2) is 0 Å². The zero-order chi connectivity index (χ0) is 21.1. The van der Waals surface area contributed by atoms with Crippen LogP contribution >= 0.6 is 11.3 Å². The van der Waals surface area contributed by atoms with E-state index in [0.717, 1.165) is 53.0 Å². The Labute approximate surface area is 182 Å². The molecule has 7 heteroatoms. The Balaban J connectivity index is 1.54. The second-order valence-electron chi connectivity index (χ2n) is 8.86. The Kier molecular flexibility index (Phi) is 6.68. The summed E-state index contributed by atoms with van der Waals surface area (Å²) in [7, 11) is 3.99. The number of likely N-dealkylation sites (N-methyl/N-ethyl adjacent to an activating group) is 1. The number of thiophene rings is 1. The molecule has 6 nitrogen and oxygen atoms in total. The minimum atomic E-state index is -0.0214. The highest BCUT2D eigenvalue weighted by molar-refractivity contribution is 7.20. The SMILES string of the molecule is CN(C)CCNC(=O)c1sc2ncccc2c1C1CCN(C(=O)C2CCCCC2)C1. The van der Waals surface area contributed by atoms with Crippen molar-refractivity contribution in [1.82, 2.24) is 20.1 Å². The van der Waals surface area contributed by atoms with E-state index in [0.29, 0.717) is 19.0 Å². The van der Waals surface area contributed by atoms with Crippen molar-refractivity contribution in [1.29, 1.82) is 0 Å². The van der Waals surface area contributed by atoms with Crippen LogP contribution in [0.2, 0.25) is 0 Å². The second-order valence-corrected chi connectivity index (χ2v) is 9.86. The molecule has 2 aliphatic rings. The lowest BCUT2D eigenvalue weighted by atomic mass is 9.88. The van der Waals surface area contributed by atoms with Gasteiger partial charge in [-0.3, -0.25) is 9.59 Å². The topological polar surface area (TPSA) is 65.5 Å². The number of nitrogens with zero attached hydrogens (tertiary/aromatic N) is 3. The number of pyridine rings is 1. The Hall–Kier alpha value is -1.99. The highest BCUT2D eigenvalue weighted by Crippen LogP contribution is 2.40. The number of nitrogens with one attached hydrogen (secondary N) is 1. The van der Waals surface area contributed by atoms with Crippen molar-refractivity contribution >= 4 is 33.4 Å². The average Bonchev–Trinajstić information content (AvgIpc) is 3.38. The van der Waals surface area contributed by atoms with Crippen LogP contribution in [0.5, 0.6) is 0 Å². The Morgan fingerprint density at radius 3 is 2.80 bits per heavy atom. The van der Waals surface area contributed by atoms with Crippen LogP contribution in [0, 0.1) is 5.92 Å². The number of amides is 2. The summed E-state index contributed by atoms with van der Waals surface area (Å²) in [4.78, 5) is 36.3. The first-order valence-corrected chi connectivity index (χ1v) is 12.0. The molecule has 1 saturated carbocycles. The molecule has 3 heterocycles. The molecule has 2 fully saturated rings. The van der Waals surface area contributed by atoms with Crippen molar-refractivity contribution in [2.45, 2.75) is 44.4 Å². The van der Waals surface area contributed by atoms with E-state index in [1.165, 1.54) is 30.6 Å². The predicted octanol–water partition coefficient (Wildman–Crippen LogP) is 3.48. The highest BCUT2D eigenvalue weighted by atomic mass is 32.1. The van der Waals surface area contributed by atoms with Crippen LogP contribution in [0.25, 0.3) is 10.2 Å². The van der Waals surface area contributed by atoms with Gasteiger partial charge in [-0.1, -0.05) is 25.3 Å². The molecule has 162 valence electrons. The first kappa shape index (κ1) is 21.2. The average molecular weight is 429 g/mol.